The van der Waals surface area contributed by atoms with Gasteiger partial charge in [-0.3, -0.25) is 19.2 Å². The lowest BCUT2D eigenvalue weighted by atomic mass is 9.99. The molecule has 118 heavy (non-hydrogen) atoms. The zero-order chi connectivity index (χ0) is 84.1. The summed E-state index contributed by atoms with van der Waals surface area (Å²) in [4.78, 5) is 63.4. The van der Waals surface area contributed by atoms with E-state index in [4.69, 9.17) is 61.9 Å². The normalized spacial score (nSPS) is 11.2. The van der Waals surface area contributed by atoms with Crippen molar-refractivity contribution in [2.45, 2.75) is 107 Å². The van der Waals surface area contributed by atoms with Crippen LogP contribution in [0.1, 0.15) is 105 Å². The molecule has 0 aliphatic rings. The molecule has 0 fully saturated rings. The molecule has 26 nitrogen and oxygen atoms in total. The van der Waals surface area contributed by atoms with Gasteiger partial charge in [0.05, 0.1) is 49.3 Å². The van der Waals surface area contributed by atoms with Crippen LogP contribution in [0, 0.1) is 55.4 Å². The number of para-hydroxylation sites is 12. The number of ether oxygens (including phenoxy) is 12. The lowest BCUT2D eigenvalue weighted by molar-refractivity contribution is -0.151. The second-order valence-electron chi connectivity index (χ2n) is 24.8. The monoisotopic (exact) mass is 1630 g/mol. The number of aliphatic carboxylic acids is 2. The van der Waals surface area contributed by atoms with Crippen LogP contribution < -0.4 is 56.8 Å². The first-order chi connectivity index (χ1) is 54.8. The number of aldehydes is 4. The molecule has 6 unspecified atom stereocenters. The summed E-state index contributed by atoms with van der Waals surface area (Å²) < 4.78 is 62.5. The molecule has 26 heteroatoms. The SMILES string of the molecule is C.C.COc1ccccc1OC(C(=O)O)C(O)c1ccc(C)c(C)c1.COc1ccccc1OC(C=O)C(O)c1ccc(C)c(C)c1.COc1ccccc1OC(CO)C(O)c1ccc(C)c(C)c1.COc1ccccc1OCC(=O)O.COc1ccccc1OCC=O.COc1ccccc1OCC=O.Cc1ccc(C=O)cc1C.O.O. The summed E-state index contributed by atoms with van der Waals surface area (Å²) in [5.74, 6) is 3.84. The predicted octanol–water partition coefficient (Wildman–Crippen LogP) is 14.1. The van der Waals surface area contributed by atoms with Crippen molar-refractivity contribution in [2.75, 3.05) is 69.1 Å². The maximum absolute atomic E-state index is 11.5. The zero-order valence-corrected chi connectivity index (χ0v) is 67.4. The number of benzene rings is 10. The summed E-state index contributed by atoms with van der Waals surface area (Å²) in [6, 6.07) is 64.5. The van der Waals surface area contributed by atoms with E-state index in [1.54, 1.807) is 149 Å². The Hall–Kier alpha value is -12.8. The Kier molecular flexibility index (Phi) is 51.0. The molecule has 0 saturated carbocycles. The molecular formula is C92H114O26. The summed E-state index contributed by atoms with van der Waals surface area (Å²) >= 11 is 0. The van der Waals surface area contributed by atoms with Crippen LogP contribution in [-0.2, 0) is 24.0 Å². The lowest BCUT2D eigenvalue weighted by Gasteiger charge is -2.24. The highest BCUT2D eigenvalue weighted by Crippen LogP contribution is 2.35. The zero-order valence-electron chi connectivity index (χ0n) is 67.4. The maximum atomic E-state index is 11.5. The van der Waals surface area contributed by atoms with E-state index < -0.39 is 48.6 Å². The minimum Gasteiger partial charge on any atom is -0.493 e. The third kappa shape index (κ3) is 34.7. The molecule has 0 amide bonds. The fourth-order valence-corrected chi connectivity index (χ4v) is 10.1. The second-order valence-corrected chi connectivity index (χ2v) is 24.8. The summed E-state index contributed by atoms with van der Waals surface area (Å²) in [6.45, 7) is 15.3. The first-order valence-electron chi connectivity index (χ1n) is 35.6. The van der Waals surface area contributed by atoms with Gasteiger partial charge in [0.15, 0.2) is 107 Å². The molecule has 638 valence electrons. The quantitative estimate of drug-likeness (QED) is 0.0220. The van der Waals surface area contributed by atoms with Crippen molar-refractivity contribution >= 4 is 37.1 Å². The van der Waals surface area contributed by atoms with Crippen LogP contribution >= 0.6 is 0 Å². The third-order valence-electron chi connectivity index (χ3n) is 17.0. The predicted molar refractivity (Wildman–Crippen MR) is 453 cm³/mol. The molecule has 0 aliphatic carbocycles. The van der Waals surface area contributed by atoms with E-state index in [0.29, 0.717) is 93.2 Å². The molecule has 10 aromatic rings. The van der Waals surface area contributed by atoms with E-state index in [0.717, 1.165) is 50.8 Å². The van der Waals surface area contributed by atoms with Crippen LogP contribution in [-0.4, -0.2) is 166 Å². The number of aliphatic hydroxyl groups is 4. The van der Waals surface area contributed by atoms with E-state index in [1.807, 2.05) is 146 Å². The highest BCUT2D eigenvalue weighted by atomic mass is 16.6. The summed E-state index contributed by atoms with van der Waals surface area (Å²) in [7, 11) is 9.17. The van der Waals surface area contributed by atoms with Gasteiger partial charge in [-0.2, -0.15) is 0 Å². The molecule has 0 saturated heterocycles. The Labute approximate surface area is 691 Å². The van der Waals surface area contributed by atoms with Crippen LogP contribution in [0.25, 0.3) is 0 Å². The number of methoxy groups -OCH3 is 6. The fraction of sp³-hybridized carbons (Fsp3) is 0.283. The van der Waals surface area contributed by atoms with E-state index in [1.165, 1.54) is 32.5 Å². The fourth-order valence-electron chi connectivity index (χ4n) is 10.1. The average Bonchev–Trinajstić information content (AvgIpc) is 0.837. The number of carboxylic acid groups (broad SMARTS) is 2. The number of aliphatic hydroxyl groups excluding tert-OH is 4. The molecule has 0 aromatic heterocycles. The van der Waals surface area contributed by atoms with Crippen molar-refractivity contribution in [1.29, 1.82) is 0 Å². The second kappa shape index (κ2) is 57.3. The van der Waals surface area contributed by atoms with Gasteiger partial charge in [-0.25, -0.2) is 9.59 Å². The number of carbonyl (C=O) groups is 6. The van der Waals surface area contributed by atoms with E-state index in [9.17, 15) is 54.3 Å². The van der Waals surface area contributed by atoms with Gasteiger partial charge in [-0.1, -0.05) is 154 Å². The van der Waals surface area contributed by atoms with Crippen molar-refractivity contribution in [1.82, 2.24) is 0 Å². The Morgan fingerprint density at radius 3 is 0.932 bits per heavy atom. The Balaban J connectivity index is 0.00000137. The van der Waals surface area contributed by atoms with Crippen LogP contribution in [0.4, 0.5) is 0 Å². The lowest BCUT2D eigenvalue weighted by Crippen LogP contribution is -2.34. The number of hydrogen-bond acceptors (Lipinski definition) is 22. The van der Waals surface area contributed by atoms with Gasteiger partial charge >= 0.3 is 11.9 Å². The van der Waals surface area contributed by atoms with Crippen molar-refractivity contribution in [3.63, 3.8) is 0 Å². The van der Waals surface area contributed by atoms with Crippen LogP contribution in [0.5, 0.6) is 69.0 Å². The van der Waals surface area contributed by atoms with Crippen molar-refractivity contribution < 1.29 is 127 Å². The van der Waals surface area contributed by atoms with Crippen LogP contribution in [0.3, 0.4) is 0 Å². The van der Waals surface area contributed by atoms with Crippen molar-refractivity contribution in [2.24, 2.45) is 0 Å². The minimum absolute atomic E-state index is 0. The molecule has 10 N–H and O–H groups in total. The molecular weight excluding hydrogens is 1520 g/mol. The van der Waals surface area contributed by atoms with Gasteiger partial charge in [0.25, 0.3) is 0 Å². The number of carbonyl (C=O) groups excluding carboxylic acids is 4. The van der Waals surface area contributed by atoms with E-state index >= 15 is 0 Å². The van der Waals surface area contributed by atoms with Gasteiger partial charge in [-0.15, -0.1) is 0 Å². The Morgan fingerprint density at radius 1 is 0.347 bits per heavy atom. The Bertz CT molecular complexity index is 4550. The molecule has 0 bridgehead atoms. The van der Waals surface area contributed by atoms with Crippen LogP contribution in [0.15, 0.2) is 218 Å². The van der Waals surface area contributed by atoms with Gasteiger partial charge in [-0.05, 0) is 195 Å². The maximum Gasteiger partial charge on any atom is 0.348 e. The van der Waals surface area contributed by atoms with Crippen molar-refractivity contribution in [3.8, 4) is 69.0 Å². The topological polar surface area (TPSA) is 398 Å². The van der Waals surface area contributed by atoms with Gasteiger partial charge in [0, 0.05) is 5.56 Å². The van der Waals surface area contributed by atoms with E-state index in [-0.39, 0.29) is 58.0 Å². The van der Waals surface area contributed by atoms with Crippen LogP contribution in [0.2, 0.25) is 0 Å². The standard InChI is InChI=1S/C18H20O5.C18H22O4.C18H20O4.C9H10O4.2C9H10O3.C9H10O.2CH4.2H2O/c1-11-8-9-13(10-12(11)2)16(19)17(18(20)21)23-15-7-5-4-6-14(15)22-3;2*1-12-8-9-14(10-13(12)2)18(20)17(11-19)22-16-7-5-4-6-15(16)21-3;1-12-7-4-2-3-5-8(7)13-6-9(10)11;2*1-11-8-4-2-3-5-9(8)12-7-6-10;1-7-3-4-9(6-10)5-8(7)2;;;;/h4-10,16-17,19H,1-3H3,(H,20,21);4-10,17-20H,11H2,1-3H3;4-11,17-18,20H,1-3H3;2-5H,6H2,1H3,(H,10,11);2*2-6H,7H2,1H3;3-6H,1-2H3;2*1H4;2*1H2. The van der Waals surface area contributed by atoms with Crippen molar-refractivity contribution in [3.05, 3.63) is 285 Å². The number of hydrogen-bond donors (Lipinski definition) is 6. The molecule has 0 aliphatic heterocycles. The largest absolute Gasteiger partial charge is 0.493 e. The van der Waals surface area contributed by atoms with Gasteiger partial charge < -0.3 is 98.4 Å². The summed E-state index contributed by atoms with van der Waals surface area (Å²) in [6.07, 6.45) is -3.59. The number of aryl methyl sites for hydroxylation is 8. The van der Waals surface area contributed by atoms with E-state index in [2.05, 4.69) is 0 Å². The molecule has 0 radical (unpaired) electrons. The summed E-state index contributed by atoms with van der Waals surface area (Å²) in [5, 5.41) is 58.7. The molecule has 6 atom stereocenters. The third-order valence-corrected chi connectivity index (χ3v) is 17.0. The summed E-state index contributed by atoms with van der Waals surface area (Å²) in [5.41, 5.74) is 11.5. The number of carboxylic acids is 2. The highest BCUT2D eigenvalue weighted by molar-refractivity contribution is 5.75. The number of rotatable bonds is 31. The Morgan fingerprint density at radius 2 is 0.636 bits per heavy atom. The first kappa shape index (κ1) is 105. The smallest absolute Gasteiger partial charge is 0.348 e. The minimum atomic E-state index is -1.44. The first-order valence-corrected chi connectivity index (χ1v) is 35.6. The highest BCUT2D eigenvalue weighted by Gasteiger charge is 2.32. The average molecular weight is 1640 g/mol. The molecule has 0 spiro atoms. The van der Waals surface area contributed by atoms with Gasteiger partial charge in [0.2, 0.25) is 6.10 Å². The van der Waals surface area contributed by atoms with Gasteiger partial charge in [0.1, 0.15) is 37.8 Å². The molecule has 10 aromatic carbocycles. The molecule has 10 rings (SSSR count). The molecule has 0 heterocycles.